The molecule has 1 aliphatic carbocycles. The average molecular weight is 220 g/mol. The van der Waals surface area contributed by atoms with Crippen LogP contribution in [0.5, 0.6) is 0 Å². The van der Waals surface area contributed by atoms with Crippen molar-refractivity contribution in [3.05, 3.63) is 0 Å². The maximum atomic E-state index is 5.37. The van der Waals surface area contributed by atoms with Gasteiger partial charge in [-0.25, -0.2) is 0 Å². The Labute approximate surface area is 97.2 Å². The van der Waals surface area contributed by atoms with Crippen molar-refractivity contribution in [3.8, 4) is 11.8 Å². The Kier molecular flexibility index (Phi) is 6.09. The summed E-state index contributed by atoms with van der Waals surface area (Å²) in [4.78, 5) is 0. The lowest BCUT2D eigenvalue weighted by Gasteiger charge is -2.08. The van der Waals surface area contributed by atoms with Crippen LogP contribution in [-0.4, -0.2) is 11.4 Å². The van der Waals surface area contributed by atoms with E-state index in [1.807, 2.05) is 0 Å². The first-order valence-corrected chi connectivity index (χ1v) is 5.88. The highest BCUT2D eigenvalue weighted by molar-refractivity contribution is 6.42. The van der Waals surface area contributed by atoms with Gasteiger partial charge in [0.1, 0.15) is 0 Å². The summed E-state index contributed by atoms with van der Waals surface area (Å²) in [5.74, 6) is 17.1. The summed E-state index contributed by atoms with van der Waals surface area (Å²) in [7, 11) is 0. The van der Waals surface area contributed by atoms with Crippen LogP contribution in [0.2, 0.25) is 0 Å². The lowest BCUT2D eigenvalue weighted by molar-refractivity contribution is 0.767. The van der Waals surface area contributed by atoms with Crippen molar-refractivity contribution in [1.29, 1.82) is 0 Å². The third-order valence-electron chi connectivity index (χ3n) is 2.70. The maximum Gasteiger partial charge on any atom is 0.0832 e. The Hall–Kier alpha value is -1.50. The van der Waals surface area contributed by atoms with Crippen LogP contribution in [0.1, 0.15) is 51.4 Å². The zero-order chi connectivity index (χ0) is 11.6. The van der Waals surface area contributed by atoms with Gasteiger partial charge >= 0.3 is 0 Å². The number of nitrogens with zero attached hydrogens (tertiary/aromatic N) is 2. The molecule has 16 heavy (non-hydrogen) atoms. The van der Waals surface area contributed by atoms with Crippen molar-refractivity contribution in [3.63, 3.8) is 0 Å². The van der Waals surface area contributed by atoms with E-state index in [2.05, 4.69) is 22.0 Å². The molecule has 1 rings (SSSR count). The molecule has 0 aromatic rings. The third kappa shape index (κ3) is 4.35. The predicted molar refractivity (Wildman–Crippen MR) is 68.0 cm³/mol. The van der Waals surface area contributed by atoms with Crippen molar-refractivity contribution >= 4 is 11.4 Å². The first kappa shape index (κ1) is 12.6. The Morgan fingerprint density at radius 3 is 1.56 bits per heavy atom. The van der Waals surface area contributed by atoms with Crippen molar-refractivity contribution < 1.29 is 0 Å². The highest BCUT2D eigenvalue weighted by Crippen LogP contribution is 2.08. The van der Waals surface area contributed by atoms with Gasteiger partial charge in [-0.15, -0.1) is 11.8 Å². The summed E-state index contributed by atoms with van der Waals surface area (Å²) in [6.45, 7) is 0. The monoisotopic (exact) mass is 220 g/mol. The SMILES string of the molecule is NN=C1CCCCC#CCCCCC1=NN. The quantitative estimate of drug-likeness (QED) is 0.370. The molecule has 0 radical (unpaired) electrons. The van der Waals surface area contributed by atoms with Crippen LogP contribution in [0.15, 0.2) is 10.2 Å². The standard InChI is InChI=1S/C12H20N4/c13-15-11-9-7-5-3-1-2-4-6-8-10-12(11)16-14/h3-10,13-14H2. The van der Waals surface area contributed by atoms with E-state index in [9.17, 15) is 0 Å². The highest BCUT2D eigenvalue weighted by atomic mass is 15.2. The van der Waals surface area contributed by atoms with Gasteiger partial charge in [0.15, 0.2) is 0 Å². The van der Waals surface area contributed by atoms with Gasteiger partial charge in [-0.1, -0.05) is 0 Å². The number of rotatable bonds is 0. The molecule has 4 heteroatoms. The van der Waals surface area contributed by atoms with Crippen molar-refractivity contribution in [2.75, 3.05) is 0 Å². The van der Waals surface area contributed by atoms with Crippen molar-refractivity contribution in [2.45, 2.75) is 51.4 Å². The van der Waals surface area contributed by atoms with E-state index in [1.165, 1.54) is 0 Å². The Bertz CT molecular complexity index is 290. The molecule has 0 unspecified atom stereocenters. The van der Waals surface area contributed by atoms with E-state index < -0.39 is 0 Å². The zero-order valence-corrected chi connectivity index (χ0v) is 9.71. The van der Waals surface area contributed by atoms with Gasteiger partial charge in [-0.05, 0) is 38.5 Å². The molecule has 0 amide bonds. The van der Waals surface area contributed by atoms with Crippen LogP contribution >= 0.6 is 0 Å². The summed E-state index contributed by atoms with van der Waals surface area (Å²) in [6.07, 6.45) is 7.91. The van der Waals surface area contributed by atoms with Crippen molar-refractivity contribution in [2.24, 2.45) is 21.9 Å². The number of nitrogens with two attached hydrogens (primary N) is 2. The van der Waals surface area contributed by atoms with Crippen LogP contribution < -0.4 is 11.7 Å². The van der Waals surface area contributed by atoms with E-state index in [0.717, 1.165) is 62.8 Å². The minimum Gasteiger partial charge on any atom is -0.323 e. The molecule has 0 fully saturated rings. The summed E-state index contributed by atoms with van der Waals surface area (Å²) in [5.41, 5.74) is 1.71. The van der Waals surface area contributed by atoms with Gasteiger partial charge in [0.25, 0.3) is 0 Å². The van der Waals surface area contributed by atoms with Gasteiger partial charge in [-0.3, -0.25) is 0 Å². The van der Waals surface area contributed by atoms with E-state index in [1.54, 1.807) is 0 Å². The summed E-state index contributed by atoms with van der Waals surface area (Å²) in [6, 6.07) is 0. The Morgan fingerprint density at radius 2 is 1.19 bits per heavy atom. The largest absolute Gasteiger partial charge is 0.323 e. The second kappa shape index (κ2) is 7.75. The van der Waals surface area contributed by atoms with Crippen LogP contribution in [0.4, 0.5) is 0 Å². The molecule has 0 aromatic carbocycles. The van der Waals surface area contributed by atoms with E-state index in [4.69, 9.17) is 11.7 Å². The molecule has 1 aliphatic rings. The summed E-state index contributed by atoms with van der Waals surface area (Å²) >= 11 is 0. The van der Waals surface area contributed by atoms with E-state index in [0.29, 0.717) is 0 Å². The zero-order valence-electron chi connectivity index (χ0n) is 9.71. The first-order chi connectivity index (χ1) is 7.88. The predicted octanol–water partition coefficient (Wildman–Crippen LogP) is 1.75. The minimum atomic E-state index is 0.855. The van der Waals surface area contributed by atoms with E-state index >= 15 is 0 Å². The number of hydrogen-bond donors (Lipinski definition) is 2. The smallest absolute Gasteiger partial charge is 0.0832 e. The third-order valence-corrected chi connectivity index (χ3v) is 2.70. The summed E-state index contributed by atoms with van der Waals surface area (Å²) < 4.78 is 0. The second-order valence-electron chi connectivity index (χ2n) is 3.92. The molecule has 4 N–H and O–H groups in total. The molecule has 4 nitrogen and oxygen atoms in total. The molecular formula is C12H20N4. The van der Waals surface area contributed by atoms with Crippen LogP contribution in [0.25, 0.3) is 0 Å². The molecule has 88 valence electrons. The fourth-order valence-corrected chi connectivity index (χ4v) is 1.76. The lowest BCUT2D eigenvalue weighted by atomic mass is 10.0. The minimum absolute atomic E-state index is 0.855. The van der Waals surface area contributed by atoms with Gasteiger partial charge in [-0.2, -0.15) is 10.2 Å². The van der Waals surface area contributed by atoms with Gasteiger partial charge in [0.2, 0.25) is 0 Å². The number of hydrogen-bond acceptors (Lipinski definition) is 4. The topological polar surface area (TPSA) is 76.8 Å². The molecular weight excluding hydrogens is 200 g/mol. The highest BCUT2D eigenvalue weighted by Gasteiger charge is 2.09. The Morgan fingerprint density at radius 1 is 0.750 bits per heavy atom. The lowest BCUT2D eigenvalue weighted by Crippen LogP contribution is -2.18. The van der Waals surface area contributed by atoms with Gasteiger partial charge in [0.05, 0.1) is 11.4 Å². The van der Waals surface area contributed by atoms with Gasteiger partial charge in [0, 0.05) is 12.8 Å². The molecule has 0 aromatic heterocycles. The van der Waals surface area contributed by atoms with Crippen LogP contribution in [0, 0.1) is 11.8 Å². The van der Waals surface area contributed by atoms with Gasteiger partial charge < -0.3 is 11.7 Å². The molecule has 0 spiro atoms. The molecule has 0 bridgehead atoms. The molecule has 0 heterocycles. The van der Waals surface area contributed by atoms with Crippen LogP contribution in [0.3, 0.4) is 0 Å². The van der Waals surface area contributed by atoms with Crippen molar-refractivity contribution in [1.82, 2.24) is 0 Å². The van der Waals surface area contributed by atoms with E-state index in [-0.39, 0.29) is 0 Å². The molecule has 0 saturated carbocycles. The van der Waals surface area contributed by atoms with Crippen LogP contribution in [-0.2, 0) is 0 Å². The average Bonchev–Trinajstić information content (AvgIpc) is 2.30. The molecule has 0 saturated heterocycles. The fraction of sp³-hybridized carbons (Fsp3) is 0.667. The number of hydrazone groups is 2. The molecule has 0 atom stereocenters. The summed E-state index contributed by atoms with van der Waals surface area (Å²) in [5, 5.41) is 7.60. The second-order valence-corrected chi connectivity index (χ2v) is 3.92. The maximum absolute atomic E-state index is 5.37. The normalized spacial score (nSPS) is 24.2. The fourth-order valence-electron chi connectivity index (χ4n) is 1.76. The Balaban J connectivity index is 2.62. The first-order valence-electron chi connectivity index (χ1n) is 5.88. The molecule has 0 aliphatic heterocycles.